The number of pyridine rings is 3. The SMILES string of the molecule is c1ccc(-c2cc(N3CCCCCC3)cc(-c3ccccn3)n2)nc1. The molecule has 0 radical (unpaired) electrons. The van der Waals surface area contributed by atoms with Gasteiger partial charge in [-0.1, -0.05) is 25.0 Å². The summed E-state index contributed by atoms with van der Waals surface area (Å²) in [5.41, 5.74) is 4.83. The Kier molecular flexibility index (Phi) is 4.68. The van der Waals surface area contributed by atoms with Crippen LogP contribution in [-0.2, 0) is 0 Å². The number of hydrogen-bond donors (Lipinski definition) is 0. The minimum Gasteiger partial charge on any atom is -0.371 e. The van der Waals surface area contributed by atoms with Gasteiger partial charge in [0.05, 0.1) is 22.8 Å². The lowest BCUT2D eigenvalue weighted by Crippen LogP contribution is -2.24. The van der Waals surface area contributed by atoms with E-state index in [-0.39, 0.29) is 0 Å². The number of hydrogen-bond acceptors (Lipinski definition) is 4. The maximum absolute atomic E-state index is 4.84. The van der Waals surface area contributed by atoms with Gasteiger partial charge in [0.1, 0.15) is 0 Å². The summed E-state index contributed by atoms with van der Waals surface area (Å²) in [4.78, 5) is 16.3. The molecule has 0 spiro atoms. The Balaban J connectivity index is 1.80. The summed E-state index contributed by atoms with van der Waals surface area (Å²) in [5.74, 6) is 0. The molecule has 3 aromatic heterocycles. The van der Waals surface area contributed by atoms with Gasteiger partial charge in [-0.15, -0.1) is 0 Å². The van der Waals surface area contributed by atoms with Crippen molar-refractivity contribution in [2.75, 3.05) is 18.0 Å². The molecule has 0 aliphatic carbocycles. The predicted molar refractivity (Wildman–Crippen MR) is 101 cm³/mol. The summed E-state index contributed by atoms with van der Waals surface area (Å²) in [5, 5.41) is 0. The van der Waals surface area contributed by atoms with Gasteiger partial charge in [0.2, 0.25) is 0 Å². The van der Waals surface area contributed by atoms with Crippen molar-refractivity contribution >= 4 is 5.69 Å². The monoisotopic (exact) mass is 330 g/mol. The van der Waals surface area contributed by atoms with Crippen molar-refractivity contribution < 1.29 is 0 Å². The highest BCUT2D eigenvalue weighted by atomic mass is 15.1. The second-order valence-corrected chi connectivity index (χ2v) is 6.43. The molecule has 4 rings (SSSR count). The average Bonchev–Trinajstić information content (AvgIpc) is 2.99. The number of anilines is 1. The zero-order valence-electron chi connectivity index (χ0n) is 14.3. The van der Waals surface area contributed by atoms with E-state index in [0.717, 1.165) is 35.9 Å². The molecule has 4 nitrogen and oxygen atoms in total. The van der Waals surface area contributed by atoms with Crippen LogP contribution in [0, 0.1) is 0 Å². The van der Waals surface area contributed by atoms with Gasteiger partial charge in [0.25, 0.3) is 0 Å². The molecule has 1 fully saturated rings. The van der Waals surface area contributed by atoms with Gasteiger partial charge >= 0.3 is 0 Å². The van der Waals surface area contributed by atoms with E-state index in [1.54, 1.807) is 0 Å². The molecule has 0 aromatic carbocycles. The van der Waals surface area contributed by atoms with Crippen LogP contribution in [0.4, 0.5) is 5.69 Å². The van der Waals surface area contributed by atoms with Gasteiger partial charge in [0.15, 0.2) is 0 Å². The van der Waals surface area contributed by atoms with Crippen molar-refractivity contribution in [3.63, 3.8) is 0 Å². The summed E-state index contributed by atoms with van der Waals surface area (Å²) in [6.45, 7) is 2.21. The minimum absolute atomic E-state index is 0.899. The fourth-order valence-electron chi connectivity index (χ4n) is 3.32. The van der Waals surface area contributed by atoms with Crippen LogP contribution < -0.4 is 4.90 Å². The minimum atomic E-state index is 0.899. The lowest BCUT2D eigenvalue weighted by Gasteiger charge is -2.23. The molecule has 0 unspecified atom stereocenters. The van der Waals surface area contributed by atoms with Crippen LogP contribution in [0.25, 0.3) is 22.8 Å². The van der Waals surface area contributed by atoms with Crippen LogP contribution >= 0.6 is 0 Å². The lowest BCUT2D eigenvalue weighted by atomic mass is 10.1. The zero-order chi connectivity index (χ0) is 16.9. The highest BCUT2D eigenvalue weighted by molar-refractivity contribution is 5.69. The van der Waals surface area contributed by atoms with Crippen LogP contribution in [0.2, 0.25) is 0 Å². The van der Waals surface area contributed by atoms with Gasteiger partial charge in [-0.05, 0) is 49.2 Å². The molecule has 126 valence electrons. The first-order valence-electron chi connectivity index (χ1n) is 9.00. The van der Waals surface area contributed by atoms with Gasteiger partial charge in [0, 0.05) is 31.2 Å². The van der Waals surface area contributed by atoms with Crippen LogP contribution in [0.3, 0.4) is 0 Å². The summed E-state index contributed by atoms with van der Waals surface area (Å²) in [6.07, 6.45) is 8.77. The van der Waals surface area contributed by atoms with Crippen molar-refractivity contribution in [2.45, 2.75) is 25.7 Å². The first-order valence-corrected chi connectivity index (χ1v) is 9.00. The smallest absolute Gasteiger partial charge is 0.0914 e. The molecule has 1 saturated heterocycles. The van der Waals surface area contributed by atoms with Crippen LogP contribution in [0.1, 0.15) is 25.7 Å². The van der Waals surface area contributed by atoms with E-state index in [9.17, 15) is 0 Å². The van der Waals surface area contributed by atoms with E-state index in [1.165, 1.54) is 31.4 Å². The second kappa shape index (κ2) is 7.43. The Morgan fingerprint density at radius 1 is 0.640 bits per heavy atom. The van der Waals surface area contributed by atoms with Crippen molar-refractivity contribution in [1.29, 1.82) is 0 Å². The van der Waals surface area contributed by atoms with Crippen LogP contribution in [0.5, 0.6) is 0 Å². The average molecular weight is 330 g/mol. The van der Waals surface area contributed by atoms with E-state index in [2.05, 4.69) is 27.0 Å². The molecule has 0 bridgehead atoms. The molecule has 1 aliphatic rings. The van der Waals surface area contributed by atoms with Gasteiger partial charge in [-0.3, -0.25) is 9.97 Å². The largest absolute Gasteiger partial charge is 0.371 e. The molecule has 25 heavy (non-hydrogen) atoms. The van der Waals surface area contributed by atoms with Crippen LogP contribution in [0.15, 0.2) is 60.9 Å². The topological polar surface area (TPSA) is 41.9 Å². The molecule has 4 heterocycles. The number of aromatic nitrogens is 3. The fraction of sp³-hybridized carbons (Fsp3) is 0.286. The Labute approximate surface area is 148 Å². The summed E-state index contributed by atoms with van der Waals surface area (Å²) in [6, 6.07) is 16.2. The third kappa shape index (κ3) is 3.68. The lowest BCUT2D eigenvalue weighted by molar-refractivity contribution is 0.726. The van der Waals surface area contributed by atoms with Gasteiger partial charge in [-0.2, -0.15) is 0 Å². The molecular weight excluding hydrogens is 308 g/mol. The fourth-order valence-corrected chi connectivity index (χ4v) is 3.32. The maximum atomic E-state index is 4.84. The quantitative estimate of drug-likeness (QED) is 0.704. The molecule has 3 aromatic rings. The Morgan fingerprint density at radius 2 is 1.20 bits per heavy atom. The highest BCUT2D eigenvalue weighted by Gasteiger charge is 2.14. The van der Waals surface area contributed by atoms with Crippen molar-refractivity contribution in [3.05, 3.63) is 60.9 Å². The zero-order valence-corrected chi connectivity index (χ0v) is 14.3. The number of nitrogens with zero attached hydrogens (tertiary/aromatic N) is 4. The molecular formula is C21H22N4. The van der Waals surface area contributed by atoms with Crippen molar-refractivity contribution in [2.24, 2.45) is 0 Å². The Morgan fingerprint density at radius 3 is 1.68 bits per heavy atom. The first-order chi connectivity index (χ1) is 12.4. The van der Waals surface area contributed by atoms with E-state index >= 15 is 0 Å². The van der Waals surface area contributed by atoms with Gasteiger partial charge < -0.3 is 4.90 Å². The number of rotatable bonds is 3. The maximum Gasteiger partial charge on any atom is 0.0914 e. The Bertz CT molecular complexity index is 752. The third-order valence-electron chi connectivity index (χ3n) is 4.64. The third-order valence-corrected chi connectivity index (χ3v) is 4.64. The summed E-state index contributed by atoms with van der Waals surface area (Å²) in [7, 11) is 0. The van der Waals surface area contributed by atoms with Crippen molar-refractivity contribution in [3.8, 4) is 22.8 Å². The summed E-state index contributed by atoms with van der Waals surface area (Å²) >= 11 is 0. The summed E-state index contributed by atoms with van der Waals surface area (Å²) < 4.78 is 0. The second-order valence-electron chi connectivity index (χ2n) is 6.43. The van der Waals surface area contributed by atoms with E-state index < -0.39 is 0 Å². The van der Waals surface area contributed by atoms with E-state index in [1.807, 2.05) is 48.8 Å². The van der Waals surface area contributed by atoms with E-state index in [4.69, 9.17) is 4.98 Å². The first kappa shape index (κ1) is 15.8. The van der Waals surface area contributed by atoms with E-state index in [0.29, 0.717) is 0 Å². The van der Waals surface area contributed by atoms with Crippen LogP contribution in [-0.4, -0.2) is 28.0 Å². The molecule has 0 atom stereocenters. The standard InChI is InChI=1S/C21H22N4/c1-2-8-14-25(13-7-1)17-15-20(18-9-3-5-11-22-18)24-21(16-17)19-10-4-6-12-23-19/h3-6,9-12,15-16H,1-2,7-8,13-14H2. The normalized spacial score (nSPS) is 15.0. The molecule has 1 aliphatic heterocycles. The predicted octanol–water partition coefficient (Wildman–Crippen LogP) is 4.59. The van der Waals surface area contributed by atoms with Crippen molar-refractivity contribution in [1.82, 2.24) is 15.0 Å². The highest BCUT2D eigenvalue weighted by Crippen LogP contribution is 2.28. The molecule has 0 saturated carbocycles. The molecule has 0 N–H and O–H groups in total. The molecule has 0 amide bonds. The van der Waals surface area contributed by atoms with Gasteiger partial charge in [-0.25, -0.2) is 4.98 Å². The Hall–Kier alpha value is -2.75. The molecule has 4 heteroatoms.